The first-order valence-electron chi connectivity index (χ1n) is 11.7. The number of halogens is 1. The van der Waals surface area contributed by atoms with Crippen molar-refractivity contribution in [1.29, 1.82) is 0 Å². The van der Waals surface area contributed by atoms with E-state index in [2.05, 4.69) is 10.2 Å². The van der Waals surface area contributed by atoms with Gasteiger partial charge in [0.05, 0.1) is 23.3 Å². The summed E-state index contributed by atoms with van der Waals surface area (Å²) in [5.74, 6) is -0.177. The number of azo groups is 1. The molecule has 0 amide bonds. The third-order valence-electron chi connectivity index (χ3n) is 5.80. The van der Waals surface area contributed by atoms with E-state index in [1.807, 2.05) is 91.0 Å². The Hall–Kier alpha value is -4.68. The van der Waals surface area contributed by atoms with Gasteiger partial charge in [-0.05, 0) is 59.7 Å². The molecule has 0 spiro atoms. The number of hydrogen-bond acceptors (Lipinski definition) is 4. The van der Waals surface area contributed by atoms with Gasteiger partial charge >= 0.3 is 0 Å². The Balaban J connectivity index is 1.69. The van der Waals surface area contributed by atoms with Gasteiger partial charge in [0.15, 0.2) is 0 Å². The molecule has 7 heteroatoms. The number of para-hydroxylation sites is 2. The molecule has 0 radical (unpaired) electrons. The molecule has 6 nitrogen and oxygen atoms in total. The minimum absolute atomic E-state index is 0.159. The highest BCUT2D eigenvalue weighted by atomic mass is 35.5. The molecule has 0 unspecified atom stereocenters. The van der Waals surface area contributed by atoms with Gasteiger partial charge in [-0.25, -0.2) is 9.36 Å². The van der Waals surface area contributed by atoms with Gasteiger partial charge in [0.2, 0.25) is 5.88 Å². The van der Waals surface area contributed by atoms with Crippen LogP contribution in [0.25, 0.3) is 16.9 Å². The van der Waals surface area contributed by atoms with Crippen molar-refractivity contribution in [2.24, 2.45) is 10.2 Å². The maximum absolute atomic E-state index is 13.9. The molecule has 182 valence electrons. The molecule has 0 saturated carbocycles. The summed E-state index contributed by atoms with van der Waals surface area (Å²) in [6, 6.07) is 35.2. The number of nitrogens with zero attached hydrogens (tertiary/aromatic N) is 4. The van der Waals surface area contributed by atoms with Crippen LogP contribution < -0.4 is 5.56 Å². The van der Waals surface area contributed by atoms with Crippen LogP contribution in [-0.4, -0.2) is 14.5 Å². The van der Waals surface area contributed by atoms with Crippen molar-refractivity contribution < 1.29 is 5.11 Å². The Morgan fingerprint density at radius 1 is 0.757 bits per heavy atom. The smallest absolute Gasteiger partial charge is 0.283 e. The molecule has 0 fully saturated rings. The third-order valence-corrected chi connectivity index (χ3v) is 6.06. The van der Waals surface area contributed by atoms with E-state index in [1.165, 1.54) is 15.6 Å². The largest absolute Gasteiger partial charge is 0.493 e. The van der Waals surface area contributed by atoms with Crippen molar-refractivity contribution in [2.45, 2.75) is 6.42 Å². The predicted molar refractivity (Wildman–Crippen MR) is 147 cm³/mol. The minimum atomic E-state index is -0.364. The number of benzene rings is 4. The fourth-order valence-corrected chi connectivity index (χ4v) is 4.20. The van der Waals surface area contributed by atoms with E-state index in [4.69, 9.17) is 11.6 Å². The lowest BCUT2D eigenvalue weighted by atomic mass is 10.0. The first-order valence-corrected chi connectivity index (χ1v) is 12.1. The maximum Gasteiger partial charge on any atom is 0.283 e. The highest BCUT2D eigenvalue weighted by Crippen LogP contribution is 2.30. The van der Waals surface area contributed by atoms with Gasteiger partial charge < -0.3 is 5.11 Å². The number of allylic oxidation sites excluding steroid dienone is 1. The first-order chi connectivity index (χ1) is 18.1. The highest BCUT2D eigenvalue weighted by Gasteiger charge is 2.25. The van der Waals surface area contributed by atoms with Crippen LogP contribution in [0.1, 0.15) is 11.1 Å². The van der Waals surface area contributed by atoms with Crippen molar-refractivity contribution >= 4 is 22.9 Å². The molecule has 0 atom stereocenters. The number of rotatable bonds is 7. The zero-order chi connectivity index (χ0) is 25.6. The topological polar surface area (TPSA) is 71.9 Å². The van der Waals surface area contributed by atoms with Gasteiger partial charge in [0.25, 0.3) is 5.56 Å². The summed E-state index contributed by atoms with van der Waals surface area (Å²) in [4.78, 5) is 13.9. The lowest BCUT2D eigenvalue weighted by Crippen LogP contribution is -2.21. The van der Waals surface area contributed by atoms with E-state index in [-0.39, 0.29) is 17.0 Å². The Morgan fingerprint density at radius 3 is 1.89 bits per heavy atom. The first kappa shape index (κ1) is 24.0. The van der Waals surface area contributed by atoms with Gasteiger partial charge in [-0.3, -0.25) is 4.79 Å². The van der Waals surface area contributed by atoms with Crippen LogP contribution in [-0.2, 0) is 6.42 Å². The monoisotopic (exact) mass is 506 g/mol. The Labute approximate surface area is 219 Å². The van der Waals surface area contributed by atoms with Crippen molar-refractivity contribution in [3.8, 4) is 17.3 Å². The van der Waals surface area contributed by atoms with Gasteiger partial charge in [-0.15, -0.1) is 0 Å². The van der Waals surface area contributed by atoms with Crippen LogP contribution in [0.3, 0.4) is 0 Å². The molecule has 1 aromatic heterocycles. The van der Waals surface area contributed by atoms with Crippen LogP contribution >= 0.6 is 11.6 Å². The van der Waals surface area contributed by atoms with E-state index in [9.17, 15) is 9.90 Å². The summed E-state index contributed by atoms with van der Waals surface area (Å²) in [5.41, 5.74) is 3.18. The van der Waals surface area contributed by atoms with E-state index in [0.717, 1.165) is 5.56 Å². The zero-order valence-corrected chi connectivity index (χ0v) is 20.5. The van der Waals surface area contributed by atoms with Crippen LogP contribution in [0.4, 0.5) is 5.69 Å². The van der Waals surface area contributed by atoms with E-state index < -0.39 is 0 Å². The predicted octanol–water partition coefficient (Wildman–Crippen LogP) is 7.35. The highest BCUT2D eigenvalue weighted by molar-refractivity contribution is 6.30. The molecule has 1 N–H and O–H groups in total. The SMILES string of the molecule is O=c1c(/C(=C\N=Nc2ccc(Cl)cc2)Cc2ccccc2)c(O)n(-c2ccccc2)n1-c1ccccc1. The summed E-state index contributed by atoms with van der Waals surface area (Å²) in [6.45, 7) is 0. The van der Waals surface area contributed by atoms with Crippen molar-refractivity contribution in [2.75, 3.05) is 0 Å². The average Bonchev–Trinajstić information content (AvgIpc) is 3.20. The maximum atomic E-state index is 13.9. The molecule has 5 aromatic rings. The molecule has 4 aromatic carbocycles. The molecule has 37 heavy (non-hydrogen) atoms. The molecule has 0 aliphatic rings. The summed E-state index contributed by atoms with van der Waals surface area (Å²) in [6.07, 6.45) is 1.90. The standard InChI is InChI=1S/C30H23ClN4O2/c31-24-16-18-25(19-17-24)33-32-21-23(20-22-10-4-1-5-11-22)28-29(36)34(26-12-6-2-7-13-26)35(30(28)37)27-14-8-3-9-15-27/h1-19,21,36H,20H2/b23-21-,33-32?. The number of aromatic hydroxyl groups is 1. The molecule has 5 rings (SSSR count). The lowest BCUT2D eigenvalue weighted by Gasteiger charge is -2.12. The minimum Gasteiger partial charge on any atom is -0.493 e. The van der Waals surface area contributed by atoms with Crippen LogP contribution in [0, 0.1) is 0 Å². The molecule has 0 aliphatic carbocycles. The molecule has 0 bridgehead atoms. The summed E-state index contributed by atoms with van der Waals surface area (Å²) in [7, 11) is 0. The normalized spacial score (nSPS) is 11.8. The molecular formula is C30H23ClN4O2. The van der Waals surface area contributed by atoms with Gasteiger partial charge in [0, 0.05) is 11.4 Å². The second-order valence-electron chi connectivity index (χ2n) is 8.31. The fourth-order valence-electron chi connectivity index (χ4n) is 4.07. The fraction of sp³-hybridized carbons (Fsp3) is 0.0333. The van der Waals surface area contributed by atoms with Crippen LogP contribution in [0.2, 0.25) is 5.02 Å². The molecule has 0 aliphatic heterocycles. The third kappa shape index (κ3) is 5.29. The van der Waals surface area contributed by atoms with E-state index in [1.54, 1.807) is 24.3 Å². The number of hydrogen-bond donors (Lipinski definition) is 1. The Morgan fingerprint density at radius 2 is 1.30 bits per heavy atom. The Kier molecular flexibility index (Phi) is 7.10. The van der Waals surface area contributed by atoms with Crippen molar-refractivity contribution in [3.05, 3.63) is 148 Å². The zero-order valence-electron chi connectivity index (χ0n) is 19.8. The second kappa shape index (κ2) is 10.9. The quantitative estimate of drug-likeness (QED) is 0.234. The van der Waals surface area contributed by atoms with Crippen molar-refractivity contribution in [1.82, 2.24) is 9.36 Å². The van der Waals surface area contributed by atoms with Crippen molar-refractivity contribution in [3.63, 3.8) is 0 Å². The summed E-state index contributed by atoms with van der Waals surface area (Å²) < 4.78 is 2.98. The van der Waals surface area contributed by atoms with Gasteiger partial charge in [0.1, 0.15) is 5.56 Å². The summed E-state index contributed by atoms with van der Waals surface area (Å²) >= 11 is 5.97. The van der Waals surface area contributed by atoms with Crippen LogP contribution in [0.15, 0.2) is 136 Å². The van der Waals surface area contributed by atoms with Gasteiger partial charge in [-0.2, -0.15) is 10.2 Å². The van der Waals surface area contributed by atoms with E-state index >= 15 is 0 Å². The molecule has 0 saturated heterocycles. The lowest BCUT2D eigenvalue weighted by molar-refractivity contribution is 0.424. The molecular weight excluding hydrogens is 484 g/mol. The van der Waals surface area contributed by atoms with Crippen LogP contribution in [0.5, 0.6) is 5.88 Å². The number of aromatic nitrogens is 2. The summed E-state index contributed by atoms with van der Waals surface area (Å²) in [5, 5.41) is 20.6. The molecule has 1 heterocycles. The average molecular weight is 507 g/mol. The van der Waals surface area contributed by atoms with Gasteiger partial charge in [-0.1, -0.05) is 78.3 Å². The second-order valence-corrected chi connectivity index (χ2v) is 8.74. The van der Waals surface area contributed by atoms with E-state index in [0.29, 0.717) is 34.1 Å². The Bertz CT molecular complexity index is 1610.